The van der Waals surface area contributed by atoms with Crippen LogP contribution >= 0.6 is 34.5 Å². The van der Waals surface area contributed by atoms with Gasteiger partial charge in [-0.1, -0.05) is 23.2 Å². The van der Waals surface area contributed by atoms with Crippen LogP contribution in [0.5, 0.6) is 0 Å². The highest BCUT2D eigenvalue weighted by molar-refractivity contribution is 7.90. The Morgan fingerprint density at radius 1 is 1.25 bits per heavy atom. The first-order chi connectivity index (χ1) is 9.33. The summed E-state index contributed by atoms with van der Waals surface area (Å²) in [6.07, 6.45) is 0. The first-order valence-electron chi connectivity index (χ1n) is 5.28. The molecule has 0 spiro atoms. The summed E-state index contributed by atoms with van der Waals surface area (Å²) in [5, 5.41) is 12.0. The van der Waals surface area contributed by atoms with Crippen LogP contribution in [0.3, 0.4) is 0 Å². The molecule has 8 heteroatoms. The molecule has 1 N–H and O–H groups in total. The number of carboxylic acid groups (broad SMARTS) is 1. The first kappa shape index (κ1) is 15.3. The summed E-state index contributed by atoms with van der Waals surface area (Å²) >= 11 is 13.0. The molecular weight excluding hydrogens is 343 g/mol. The average Bonchev–Trinajstić information content (AvgIpc) is 2.79. The van der Waals surface area contributed by atoms with Gasteiger partial charge in [0.25, 0.3) is 0 Å². The van der Waals surface area contributed by atoms with Crippen LogP contribution in [0.25, 0.3) is 0 Å². The lowest BCUT2D eigenvalue weighted by Crippen LogP contribution is -2.08. The van der Waals surface area contributed by atoms with Crippen molar-refractivity contribution >= 4 is 50.3 Å². The summed E-state index contributed by atoms with van der Waals surface area (Å²) < 4.78 is 24.6. The number of hydrogen-bond donors (Lipinski definition) is 1. The molecule has 0 fully saturated rings. The Morgan fingerprint density at radius 2 is 1.95 bits per heavy atom. The Hall–Kier alpha value is -1.08. The van der Waals surface area contributed by atoms with Crippen LogP contribution in [0.1, 0.15) is 15.9 Å². The highest BCUT2D eigenvalue weighted by Gasteiger charge is 2.25. The Kier molecular flexibility index (Phi) is 4.39. The van der Waals surface area contributed by atoms with Crippen LogP contribution in [0, 0.1) is 0 Å². The van der Waals surface area contributed by atoms with Gasteiger partial charge in [0.1, 0.15) is 0 Å². The first-order valence-corrected chi connectivity index (χ1v) is 8.63. The van der Waals surface area contributed by atoms with Gasteiger partial charge in [-0.05, 0) is 34.5 Å². The van der Waals surface area contributed by atoms with E-state index in [9.17, 15) is 13.2 Å². The van der Waals surface area contributed by atoms with E-state index in [1.54, 1.807) is 16.8 Å². The zero-order valence-electron chi connectivity index (χ0n) is 9.84. The molecule has 0 atom stereocenters. The van der Waals surface area contributed by atoms with E-state index >= 15 is 0 Å². The average molecular weight is 351 g/mol. The van der Waals surface area contributed by atoms with Crippen LogP contribution in [-0.2, 0) is 15.6 Å². The molecule has 1 aromatic heterocycles. The SMILES string of the molecule is O=C(O)c1c(Cl)ccc(S(=O)(=O)Cc2ccsc2)c1Cl. The minimum atomic E-state index is -3.73. The van der Waals surface area contributed by atoms with Crippen molar-refractivity contribution in [2.75, 3.05) is 0 Å². The maximum Gasteiger partial charge on any atom is 0.338 e. The van der Waals surface area contributed by atoms with Gasteiger partial charge in [-0.15, -0.1) is 0 Å². The van der Waals surface area contributed by atoms with E-state index in [4.69, 9.17) is 28.3 Å². The fourth-order valence-electron chi connectivity index (χ4n) is 1.64. The number of aromatic carboxylic acids is 1. The van der Waals surface area contributed by atoms with Gasteiger partial charge >= 0.3 is 5.97 Å². The molecule has 0 aliphatic carbocycles. The summed E-state index contributed by atoms with van der Waals surface area (Å²) in [6.45, 7) is 0. The van der Waals surface area contributed by atoms with E-state index < -0.39 is 21.4 Å². The minimum absolute atomic E-state index is 0.100. The maximum absolute atomic E-state index is 12.3. The fourth-order valence-corrected chi connectivity index (χ4v) is 4.73. The standard InChI is InChI=1S/C12H8Cl2O4S2/c13-8-1-2-9(11(14)10(8)12(15)16)20(17,18)6-7-3-4-19-5-7/h1-5H,6H2,(H,15,16). The predicted octanol–water partition coefficient (Wildman–Crippen LogP) is 3.73. The monoisotopic (exact) mass is 350 g/mol. The van der Waals surface area contributed by atoms with Crippen molar-refractivity contribution < 1.29 is 18.3 Å². The van der Waals surface area contributed by atoms with E-state index in [2.05, 4.69) is 0 Å². The van der Waals surface area contributed by atoms with Crippen molar-refractivity contribution in [3.05, 3.63) is 50.1 Å². The molecule has 0 bridgehead atoms. The van der Waals surface area contributed by atoms with Gasteiger partial charge < -0.3 is 5.11 Å². The van der Waals surface area contributed by atoms with Gasteiger partial charge in [-0.3, -0.25) is 0 Å². The van der Waals surface area contributed by atoms with Crippen molar-refractivity contribution in [3.8, 4) is 0 Å². The van der Waals surface area contributed by atoms with E-state index in [1.807, 2.05) is 0 Å². The second-order valence-corrected chi connectivity index (χ2v) is 7.45. The van der Waals surface area contributed by atoms with Crippen molar-refractivity contribution in [1.82, 2.24) is 0 Å². The highest BCUT2D eigenvalue weighted by Crippen LogP contribution is 2.32. The van der Waals surface area contributed by atoms with Crippen molar-refractivity contribution in [2.24, 2.45) is 0 Å². The Labute approximate surface area is 129 Å². The Morgan fingerprint density at radius 3 is 2.50 bits per heavy atom. The maximum atomic E-state index is 12.3. The molecule has 106 valence electrons. The smallest absolute Gasteiger partial charge is 0.338 e. The fraction of sp³-hybridized carbons (Fsp3) is 0.0833. The zero-order chi connectivity index (χ0) is 14.9. The van der Waals surface area contributed by atoms with Gasteiger partial charge in [0.2, 0.25) is 0 Å². The van der Waals surface area contributed by atoms with Crippen LogP contribution < -0.4 is 0 Å². The number of hydrogen-bond acceptors (Lipinski definition) is 4. The molecular formula is C12H8Cl2O4S2. The number of thiophene rings is 1. The van der Waals surface area contributed by atoms with Crippen molar-refractivity contribution in [3.63, 3.8) is 0 Å². The second kappa shape index (κ2) is 5.73. The quantitative estimate of drug-likeness (QED) is 0.911. The lowest BCUT2D eigenvalue weighted by Gasteiger charge is -2.09. The van der Waals surface area contributed by atoms with Gasteiger partial charge in [0.05, 0.1) is 26.3 Å². The molecule has 1 aromatic carbocycles. The number of benzene rings is 1. The summed E-state index contributed by atoms with van der Waals surface area (Å²) in [5.41, 5.74) is 0.220. The third-order valence-corrected chi connectivity index (χ3v) is 5.82. The van der Waals surface area contributed by atoms with Crippen LogP contribution in [-0.4, -0.2) is 19.5 Å². The molecule has 4 nitrogen and oxygen atoms in total. The Balaban J connectivity index is 2.53. The molecule has 1 heterocycles. The minimum Gasteiger partial charge on any atom is -0.478 e. The second-order valence-electron chi connectivity index (χ2n) is 3.93. The van der Waals surface area contributed by atoms with E-state index in [-0.39, 0.29) is 20.7 Å². The third kappa shape index (κ3) is 2.98. The summed E-state index contributed by atoms with van der Waals surface area (Å²) in [7, 11) is -3.73. The summed E-state index contributed by atoms with van der Waals surface area (Å²) in [5.74, 6) is -1.61. The van der Waals surface area contributed by atoms with Crippen LogP contribution in [0.4, 0.5) is 0 Å². The molecule has 0 radical (unpaired) electrons. The molecule has 0 saturated heterocycles. The molecule has 0 aliphatic heterocycles. The van der Waals surface area contributed by atoms with Crippen molar-refractivity contribution in [2.45, 2.75) is 10.6 Å². The van der Waals surface area contributed by atoms with Crippen LogP contribution in [0.2, 0.25) is 10.0 Å². The normalized spacial score (nSPS) is 11.5. The molecule has 0 unspecified atom stereocenters. The number of rotatable bonds is 4. The number of carboxylic acids is 1. The summed E-state index contributed by atoms with van der Waals surface area (Å²) in [6, 6.07) is 4.13. The van der Waals surface area contributed by atoms with Gasteiger partial charge in [-0.2, -0.15) is 11.3 Å². The molecule has 0 aliphatic rings. The van der Waals surface area contributed by atoms with Gasteiger partial charge in [0.15, 0.2) is 9.84 Å². The topological polar surface area (TPSA) is 71.4 Å². The lowest BCUT2D eigenvalue weighted by atomic mass is 10.2. The van der Waals surface area contributed by atoms with Gasteiger partial charge in [-0.25, -0.2) is 13.2 Å². The molecule has 2 aromatic rings. The molecule has 0 saturated carbocycles. The van der Waals surface area contributed by atoms with Crippen LogP contribution in [0.15, 0.2) is 33.9 Å². The van der Waals surface area contributed by atoms with E-state index in [0.29, 0.717) is 5.56 Å². The van der Waals surface area contributed by atoms with E-state index in [0.717, 1.165) is 0 Å². The summed E-state index contributed by atoms with van der Waals surface area (Å²) in [4.78, 5) is 10.8. The number of halogens is 2. The molecule has 20 heavy (non-hydrogen) atoms. The molecule has 0 amide bonds. The van der Waals surface area contributed by atoms with Gasteiger partial charge in [0, 0.05) is 0 Å². The molecule has 2 rings (SSSR count). The van der Waals surface area contributed by atoms with Crippen molar-refractivity contribution in [1.29, 1.82) is 0 Å². The predicted molar refractivity (Wildman–Crippen MR) is 78.6 cm³/mol. The lowest BCUT2D eigenvalue weighted by molar-refractivity contribution is 0.0697. The zero-order valence-corrected chi connectivity index (χ0v) is 13.0. The number of carbonyl (C=O) groups is 1. The Bertz CT molecular complexity index is 752. The van der Waals surface area contributed by atoms with E-state index in [1.165, 1.54) is 23.5 Å². The largest absolute Gasteiger partial charge is 0.478 e. The highest BCUT2D eigenvalue weighted by atomic mass is 35.5. The third-order valence-electron chi connectivity index (χ3n) is 2.54. The number of sulfone groups is 1.